The van der Waals surface area contributed by atoms with Crippen LogP contribution in [0.1, 0.15) is 26.3 Å². The zero-order valence-electron chi connectivity index (χ0n) is 11.4. The number of hydrogen-bond donors (Lipinski definition) is 1. The Hall–Kier alpha value is -1.70. The Morgan fingerprint density at radius 3 is 2.50 bits per heavy atom. The van der Waals surface area contributed by atoms with Crippen LogP contribution in [0.2, 0.25) is 0 Å². The van der Waals surface area contributed by atoms with Crippen molar-refractivity contribution in [1.29, 1.82) is 0 Å². The molecule has 1 N–H and O–H groups in total. The maximum Gasteiger partial charge on any atom is 0.412 e. The van der Waals surface area contributed by atoms with Gasteiger partial charge < -0.3 is 4.74 Å². The van der Waals surface area contributed by atoms with Crippen LogP contribution >= 0.6 is 15.9 Å². The third-order valence-electron chi connectivity index (χ3n) is 2.20. The first-order valence-electron chi connectivity index (χ1n) is 5.66. The first-order chi connectivity index (χ1) is 9.03. The van der Waals surface area contributed by atoms with Crippen molar-refractivity contribution in [3.63, 3.8) is 0 Å². The molecular weight excluding hydrogens is 335 g/mol. The summed E-state index contributed by atoms with van der Waals surface area (Å²) in [5.74, 6) is -0.774. The van der Waals surface area contributed by atoms with Gasteiger partial charge in [0.05, 0.1) is 4.92 Å². The van der Waals surface area contributed by atoms with Gasteiger partial charge in [0.15, 0.2) is 0 Å². The molecule has 8 heteroatoms. The van der Waals surface area contributed by atoms with Crippen molar-refractivity contribution >= 4 is 33.4 Å². The van der Waals surface area contributed by atoms with E-state index in [1.54, 1.807) is 20.8 Å². The van der Waals surface area contributed by atoms with E-state index in [0.29, 0.717) is 0 Å². The zero-order chi connectivity index (χ0) is 15.7. The molecule has 0 atom stereocenters. The highest BCUT2D eigenvalue weighted by Crippen LogP contribution is 2.37. The third-order valence-corrected chi connectivity index (χ3v) is 2.95. The predicted molar refractivity (Wildman–Crippen MR) is 75.3 cm³/mol. The molecule has 1 aromatic rings. The molecule has 1 rings (SSSR count). The fourth-order valence-corrected chi connectivity index (χ4v) is 1.93. The number of amides is 1. The fraction of sp³-hybridized carbons (Fsp3) is 0.417. The van der Waals surface area contributed by atoms with Gasteiger partial charge in [-0.1, -0.05) is 0 Å². The number of nitro benzene ring substituents is 1. The van der Waals surface area contributed by atoms with Crippen molar-refractivity contribution in [1.82, 2.24) is 0 Å². The average Bonchev–Trinajstić information content (AvgIpc) is 2.22. The van der Waals surface area contributed by atoms with E-state index >= 15 is 0 Å². The summed E-state index contributed by atoms with van der Waals surface area (Å²) < 4.78 is 18.2. The summed E-state index contributed by atoms with van der Waals surface area (Å²) >= 11 is 2.81. The topological polar surface area (TPSA) is 81.5 Å². The second kappa shape index (κ2) is 5.74. The molecule has 6 nitrogen and oxygen atoms in total. The maximum absolute atomic E-state index is 13.5. The van der Waals surface area contributed by atoms with E-state index in [4.69, 9.17) is 4.74 Å². The SMILES string of the molecule is Cc1cc(F)c(Br)c([N+](=O)[O-])c1NC(=O)OC(C)(C)C. The molecule has 1 amide bonds. The molecule has 0 heterocycles. The van der Waals surface area contributed by atoms with Crippen LogP contribution < -0.4 is 5.32 Å². The Bertz CT molecular complexity index is 570. The Labute approximate surface area is 123 Å². The predicted octanol–water partition coefficient (Wildman–Crippen LogP) is 4.15. The lowest BCUT2D eigenvalue weighted by molar-refractivity contribution is -0.385. The summed E-state index contributed by atoms with van der Waals surface area (Å²) in [6.45, 7) is 6.44. The average molecular weight is 349 g/mol. The molecule has 0 saturated carbocycles. The number of carbonyl (C=O) groups is 1. The van der Waals surface area contributed by atoms with Crippen LogP contribution in [0.5, 0.6) is 0 Å². The second-order valence-electron chi connectivity index (χ2n) is 5.10. The molecule has 0 aromatic heterocycles. The van der Waals surface area contributed by atoms with Crippen LogP contribution in [0, 0.1) is 22.9 Å². The number of aryl methyl sites for hydroxylation is 1. The van der Waals surface area contributed by atoms with Crippen LogP contribution in [0.25, 0.3) is 0 Å². The van der Waals surface area contributed by atoms with Gasteiger partial charge in [0.25, 0.3) is 0 Å². The molecule has 0 aliphatic heterocycles. The van der Waals surface area contributed by atoms with Gasteiger partial charge in [0, 0.05) is 0 Å². The van der Waals surface area contributed by atoms with E-state index < -0.39 is 28.1 Å². The Balaban J connectivity index is 3.21. The van der Waals surface area contributed by atoms with Gasteiger partial charge in [-0.15, -0.1) is 0 Å². The molecule has 1 aromatic carbocycles. The van der Waals surface area contributed by atoms with Crippen LogP contribution in [-0.2, 0) is 4.74 Å². The minimum Gasteiger partial charge on any atom is -0.444 e. The van der Waals surface area contributed by atoms with Gasteiger partial charge in [-0.05, 0) is 55.3 Å². The molecule has 0 aliphatic rings. The van der Waals surface area contributed by atoms with Crippen molar-refractivity contribution in [2.75, 3.05) is 5.32 Å². The van der Waals surface area contributed by atoms with Crippen LogP contribution in [0.15, 0.2) is 10.5 Å². The zero-order valence-corrected chi connectivity index (χ0v) is 13.0. The summed E-state index contributed by atoms with van der Waals surface area (Å²) in [7, 11) is 0. The van der Waals surface area contributed by atoms with Gasteiger partial charge >= 0.3 is 11.8 Å². The van der Waals surface area contributed by atoms with Crippen molar-refractivity contribution in [3.05, 3.63) is 32.0 Å². The van der Waals surface area contributed by atoms with Crippen molar-refractivity contribution in [2.24, 2.45) is 0 Å². The van der Waals surface area contributed by atoms with E-state index in [1.165, 1.54) is 6.92 Å². The molecule has 0 fully saturated rings. The molecule has 0 bridgehead atoms. The summed E-state index contributed by atoms with van der Waals surface area (Å²) in [4.78, 5) is 21.9. The van der Waals surface area contributed by atoms with E-state index in [0.717, 1.165) is 6.07 Å². The van der Waals surface area contributed by atoms with Gasteiger partial charge in [-0.3, -0.25) is 15.4 Å². The molecule has 0 aliphatic carbocycles. The molecule has 0 spiro atoms. The van der Waals surface area contributed by atoms with Crippen LogP contribution in [-0.4, -0.2) is 16.6 Å². The highest BCUT2D eigenvalue weighted by atomic mass is 79.9. The van der Waals surface area contributed by atoms with Crippen molar-refractivity contribution in [3.8, 4) is 0 Å². The number of rotatable bonds is 2. The number of nitrogens with zero attached hydrogens (tertiary/aromatic N) is 1. The number of ether oxygens (including phenoxy) is 1. The monoisotopic (exact) mass is 348 g/mol. The number of nitrogens with one attached hydrogen (secondary N) is 1. The molecule has 20 heavy (non-hydrogen) atoms. The largest absolute Gasteiger partial charge is 0.444 e. The Morgan fingerprint density at radius 1 is 1.50 bits per heavy atom. The maximum atomic E-state index is 13.5. The standard InChI is InChI=1S/C12H14BrFN2O4/c1-6-5-7(14)8(13)10(16(18)19)9(6)15-11(17)20-12(2,3)4/h5H,1-4H3,(H,15,17). The van der Waals surface area contributed by atoms with Gasteiger partial charge in [-0.2, -0.15) is 0 Å². The van der Waals surface area contributed by atoms with Gasteiger partial charge in [0.2, 0.25) is 0 Å². The molecule has 0 unspecified atom stereocenters. The van der Waals surface area contributed by atoms with Gasteiger partial charge in [0.1, 0.15) is 21.6 Å². The summed E-state index contributed by atoms with van der Waals surface area (Å²) in [5, 5.41) is 13.3. The number of carbonyl (C=O) groups excluding carboxylic acids is 1. The van der Waals surface area contributed by atoms with E-state index in [9.17, 15) is 19.3 Å². The Kier molecular flexibility index (Phi) is 4.69. The lowest BCUT2D eigenvalue weighted by atomic mass is 10.1. The summed E-state index contributed by atoms with van der Waals surface area (Å²) in [6.07, 6.45) is -0.845. The van der Waals surface area contributed by atoms with Crippen molar-refractivity contribution in [2.45, 2.75) is 33.3 Å². The lowest BCUT2D eigenvalue weighted by Gasteiger charge is -2.20. The Morgan fingerprint density at radius 2 is 2.05 bits per heavy atom. The molecule has 110 valence electrons. The molecule has 0 saturated heterocycles. The molecule has 0 radical (unpaired) electrons. The second-order valence-corrected chi connectivity index (χ2v) is 5.89. The lowest BCUT2D eigenvalue weighted by Crippen LogP contribution is -2.27. The number of nitro groups is 1. The highest BCUT2D eigenvalue weighted by Gasteiger charge is 2.27. The van der Waals surface area contributed by atoms with Crippen LogP contribution in [0.3, 0.4) is 0 Å². The number of hydrogen-bond acceptors (Lipinski definition) is 4. The number of halogens is 2. The normalized spacial score (nSPS) is 11.1. The van der Waals surface area contributed by atoms with E-state index in [2.05, 4.69) is 21.2 Å². The number of anilines is 1. The van der Waals surface area contributed by atoms with Crippen LogP contribution in [0.4, 0.5) is 20.6 Å². The van der Waals surface area contributed by atoms with Crippen molar-refractivity contribution < 1.29 is 18.8 Å². The van der Waals surface area contributed by atoms with E-state index in [1.807, 2.05) is 0 Å². The smallest absolute Gasteiger partial charge is 0.412 e. The summed E-state index contributed by atoms with van der Waals surface area (Å²) in [5.41, 5.74) is -1.17. The first-order valence-corrected chi connectivity index (χ1v) is 6.45. The minimum absolute atomic E-state index is 0.0995. The first kappa shape index (κ1) is 16.4. The van der Waals surface area contributed by atoms with Gasteiger partial charge in [-0.25, -0.2) is 9.18 Å². The number of benzene rings is 1. The third kappa shape index (κ3) is 3.89. The molecular formula is C12H14BrFN2O4. The highest BCUT2D eigenvalue weighted by molar-refractivity contribution is 9.10. The minimum atomic E-state index is -0.845. The quantitative estimate of drug-likeness (QED) is 0.642. The fourth-order valence-electron chi connectivity index (χ4n) is 1.47. The van der Waals surface area contributed by atoms with E-state index in [-0.39, 0.29) is 15.7 Å². The summed E-state index contributed by atoms with van der Waals surface area (Å²) in [6, 6.07) is 1.09.